The monoisotopic (exact) mass is 250 g/mol. The number of hydrogen-bond acceptors (Lipinski definition) is 3. The van der Waals surface area contributed by atoms with Crippen LogP contribution in [0, 0.1) is 12.8 Å². The Morgan fingerprint density at radius 1 is 1.50 bits per heavy atom. The fraction of sp³-hybridized carbons (Fsp3) is 0.786. The van der Waals surface area contributed by atoms with Crippen molar-refractivity contribution in [3.8, 4) is 0 Å². The first-order valence-electron chi connectivity index (χ1n) is 7.09. The fourth-order valence-electron chi connectivity index (χ4n) is 2.66. The Hall–Kier alpha value is -0.870. The molecule has 1 saturated heterocycles. The molecule has 102 valence electrons. The van der Waals surface area contributed by atoms with E-state index >= 15 is 0 Å². The molecule has 2 heterocycles. The van der Waals surface area contributed by atoms with E-state index in [1.54, 1.807) is 0 Å². The van der Waals surface area contributed by atoms with Gasteiger partial charge in [-0.15, -0.1) is 0 Å². The minimum absolute atomic E-state index is 0.623. The molecule has 0 radical (unpaired) electrons. The Bertz CT molecular complexity index is 383. The second kappa shape index (κ2) is 5.85. The van der Waals surface area contributed by atoms with Crippen LogP contribution in [0.1, 0.15) is 32.2 Å². The van der Waals surface area contributed by atoms with Crippen LogP contribution in [0.4, 0.5) is 0 Å². The summed E-state index contributed by atoms with van der Waals surface area (Å²) < 4.78 is 2.13. The highest BCUT2D eigenvalue weighted by Crippen LogP contribution is 2.13. The topological polar surface area (TPSA) is 33.1 Å². The van der Waals surface area contributed by atoms with E-state index in [-0.39, 0.29) is 0 Å². The van der Waals surface area contributed by atoms with Crippen molar-refractivity contribution in [2.45, 2.75) is 46.8 Å². The Kier molecular flexibility index (Phi) is 4.40. The van der Waals surface area contributed by atoms with E-state index in [0.29, 0.717) is 12.0 Å². The van der Waals surface area contributed by atoms with Crippen molar-refractivity contribution in [3.63, 3.8) is 0 Å². The molecule has 4 nitrogen and oxygen atoms in total. The number of piperazine rings is 1. The standard InChI is InChI=1S/C14H26N4/c1-5-18-13(8-12(4)16-18)9-17-7-6-15-14(10-17)11(2)3/h8,11,14-15H,5-7,9-10H2,1-4H3. The summed E-state index contributed by atoms with van der Waals surface area (Å²) in [6.07, 6.45) is 0. The molecule has 0 bridgehead atoms. The van der Waals surface area contributed by atoms with Crippen LogP contribution in [0.5, 0.6) is 0 Å². The first-order chi connectivity index (χ1) is 8.60. The lowest BCUT2D eigenvalue weighted by Gasteiger charge is -2.35. The molecule has 1 atom stereocenters. The summed E-state index contributed by atoms with van der Waals surface area (Å²) in [7, 11) is 0. The summed E-state index contributed by atoms with van der Waals surface area (Å²) in [5.41, 5.74) is 2.47. The molecule has 1 aromatic heterocycles. The third-order valence-electron chi connectivity index (χ3n) is 3.76. The quantitative estimate of drug-likeness (QED) is 0.882. The van der Waals surface area contributed by atoms with Gasteiger partial charge in [-0.05, 0) is 25.8 Å². The van der Waals surface area contributed by atoms with Crippen LogP contribution < -0.4 is 5.32 Å². The van der Waals surface area contributed by atoms with E-state index in [4.69, 9.17) is 0 Å². The summed E-state index contributed by atoms with van der Waals surface area (Å²) in [5.74, 6) is 0.700. The molecular weight excluding hydrogens is 224 g/mol. The van der Waals surface area contributed by atoms with Gasteiger partial charge in [0.1, 0.15) is 0 Å². The van der Waals surface area contributed by atoms with Gasteiger partial charge in [-0.1, -0.05) is 13.8 Å². The molecular formula is C14H26N4. The Morgan fingerprint density at radius 3 is 2.94 bits per heavy atom. The molecule has 1 fully saturated rings. The maximum Gasteiger partial charge on any atom is 0.0597 e. The molecule has 18 heavy (non-hydrogen) atoms. The van der Waals surface area contributed by atoms with Crippen LogP contribution in [-0.4, -0.2) is 40.4 Å². The van der Waals surface area contributed by atoms with Crippen LogP contribution in [0.3, 0.4) is 0 Å². The smallest absolute Gasteiger partial charge is 0.0597 e. The summed E-state index contributed by atoms with van der Waals surface area (Å²) >= 11 is 0. The predicted molar refractivity (Wildman–Crippen MR) is 74.5 cm³/mol. The van der Waals surface area contributed by atoms with Gasteiger partial charge < -0.3 is 5.32 Å². The predicted octanol–water partition coefficient (Wildman–Crippen LogP) is 1.64. The molecule has 1 aliphatic heterocycles. The third kappa shape index (κ3) is 3.12. The van der Waals surface area contributed by atoms with Crippen molar-refractivity contribution in [2.24, 2.45) is 5.92 Å². The lowest BCUT2D eigenvalue weighted by molar-refractivity contribution is 0.165. The Balaban J connectivity index is 2.00. The average molecular weight is 250 g/mol. The Morgan fingerprint density at radius 2 is 2.28 bits per heavy atom. The average Bonchev–Trinajstić information content (AvgIpc) is 2.69. The minimum atomic E-state index is 0.623. The van der Waals surface area contributed by atoms with E-state index in [0.717, 1.165) is 38.4 Å². The first kappa shape index (κ1) is 13.6. The van der Waals surface area contributed by atoms with E-state index in [2.05, 4.69) is 53.8 Å². The third-order valence-corrected chi connectivity index (χ3v) is 3.76. The number of nitrogens with one attached hydrogen (secondary N) is 1. The second-order valence-corrected chi connectivity index (χ2v) is 5.63. The van der Waals surface area contributed by atoms with Crippen LogP contribution in [0.2, 0.25) is 0 Å². The van der Waals surface area contributed by atoms with Gasteiger partial charge in [0.2, 0.25) is 0 Å². The van der Waals surface area contributed by atoms with Crippen LogP contribution in [0.25, 0.3) is 0 Å². The zero-order chi connectivity index (χ0) is 13.1. The van der Waals surface area contributed by atoms with Gasteiger partial charge in [0, 0.05) is 38.8 Å². The molecule has 0 aliphatic carbocycles. The Labute approximate surface area is 110 Å². The lowest BCUT2D eigenvalue weighted by Crippen LogP contribution is -2.52. The highest BCUT2D eigenvalue weighted by atomic mass is 15.3. The molecule has 0 amide bonds. The van der Waals surface area contributed by atoms with Gasteiger partial charge in [0.05, 0.1) is 11.4 Å². The summed E-state index contributed by atoms with van der Waals surface area (Å²) in [6, 6.07) is 2.84. The first-order valence-corrected chi connectivity index (χ1v) is 7.09. The zero-order valence-corrected chi connectivity index (χ0v) is 12.1. The van der Waals surface area contributed by atoms with Gasteiger partial charge >= 0.3 is 0 Å². The largest absolute Gasteiger partial charge is 0.311 e. The maximum absolute atomic E-state index is 4.52. The van der Waals surface area contributed by atoms with Crippen molar-refractivity contribution in [1.82, 2.24) is 20.0 Å². The van der Waals surface area contributed by atoms with Gasteiger partial charge in [0.25, 0.3) is 0 Å². The molecule has 1 aliphatic rings. The van der Waals surface area contributed by atoms with Crippen molar-refractivity contribution < 1.29 is 0 Å². The molecule has 0 spiro atoms. The number of hydrogen-bond donors (Lipinski definition) is 1. The van der Waals surface area contributed by atoms with Crippen molar-refractivity contribution in [3.05, 3.63) is 17.5 Å². The molecule has 4 heteroatoms. The summed E-state index contributed by atoms with van der Waals surface area (Å²) in [6.45, 7) is 14.2. The molecule has 1 aromatic rings. The van der Waals surface area contributed by atoms with Gasteiger partial charge in [-0.25, -0.2) is 0 Å². The fourth-order valence-corrected chi connectivity index (χ4v) is 2.66. The van der Waals surface area contributed by atoms with Crippen molar-refractivity contribution >= 4 is 0 Å². The highest BCUT2D eigenvalue weighted by molar-refractivity contribution is 5.09. The molecule has 0 aromatic carbocycles. The van der Waals surface area contributed by atoms with E-state index in [1.807, 2.05) is 0 Å². The molecule has 1 N–H and O–H groups in total. The highest BCUT2D eigenvalue weighted by Gasteiger charge is 2.22. The van der Waals surface area contributed by atoms with E-state index in [9.17, 15) is 0 Å². The molecule has 0 saturated carbocycles. The number of aryl methyl sites for hydroxylation is 2. The minimum Gasteiger partial charge on any atom is -0.311 e. The van der Waals surface area contributed by atoms with Crippen LogP contribution in [0.15, 0.2) is 6.07 Å². The van der Waals surface area contributed by atoms with Gasteiger partial charge in [0.15, 0.2) is 0 Å². The summed E-state index contributed by atoms with van der Waals surface area (Å²) in [4.78, 5) is 2.55. The SMILES string of the molecule is CCn1nc(C)cc1CN1CCNC(C(C)C)C1. The van der Waals surface area contributed by atoms with Crippen LogP contribution in [-0.2, 0) is 13.1 Å². The number of nitrogens with zero attached hydrogens (tertiary/aromatic N) is 3. The maximum atomic E-state index is 4.52. The molecule has 2 rings (SSSR count). The van der Waals surface area contributed by atoms with E-state index in [1.165, 1.54) is 5.69 Å². The number of aromatic nitrogens is 2. The zero-order valence-electron chi connectivity index (χ0n) is 12.1. The van der Waals surface area contributed by atoms with Crippen molar-refractivity contribution in [2.75, 3.05) is 19.6 Å². The van der Waals surface area contributed by atoms with Gasteiger partial charge in [-0.2, -0.15) is 5.10 Å². The van der Waals surface area contributed by atoms with Gasteiger partial charge in [-0.3, -0.25) is 9.58 Å². The van der Waals surface area contributed by atoms with E-state index < -0.39 is 0 Å². The van der Waals surface area contributed by atoms with Crippen LogP contribution >= 0.6 is 0 Å². The van der Waals surface area contributed by atoms with Crippen molar-refractivity contribution in [1.29, 1.82) is 0 Å². The lowest BCUT2D eigenvalue weighted by atomic mass is 10.0. The molecule has 1 unspecified atom stereocenters. The summed E-state index contributed by atoms with van der Waals surface area (Å²) in [5, 5.41) is 8.13. The normalized spacial score (nSPS) is 21.7. The second-order valence-electron chi connectivity index (χ2n) is 5.63. The number of rotatable bonds is 4.